The number of rotatable bonds is 8. The first-order chi connectivity index (χ1) is 16.7. The molecule has 0 saturated heterocycles. The molecule has 0 aliphatic heterocycles. The number of aromatic nitrogens is 5. The molecule has 0 unspecified atom stereocenters. The van der Waals surface area contributed by atoms with Crippen molar-refractivity contribution in [2.45, 2.75) is 79.1 Å². The largest absolute Gasteiger partial charge is 0.322 e. The molecular formula is C28H36N6O. The van der Waals surface area contributed by atoms with Gasteiger partial charge in [0.1, 0.15) is 0 Å². The Kier molecular flexibility index (Phi) is 7.17. The first-order valence-electron chi connectivity index (χ1n) is 12.4. The molecule has 0 saturated carbocycles. The normalized spacial score (nSPS) is 13.0. The molecule has 35 heavy (non-hydrogen) atoms. The number of benzene rings is 2. The summed E-state index contributed by atoms with van der Waals surface area (Å²) in [6, 6.07) is 16.8. The predicted molar refractivity (Wildman–Crippen MR) is 140 cm³/mol. The zero-order valence-electron chi connectivity index (χ0n) is 21.7. The van der Waals surface area contributed by atoms with Crippen LogP contribution in [0.15, 0.2) is 53.3 Å². The molecule has 0 radical (unpaired) electrons. The SMILES string of the molecule is CCc1ccc2[nH]c(=O)c(CN(Cc3ccc(C)cc3)[C@H](CC)c3nnnn3C(C)(C)C)cc2c1. The number of H-pyrrole nitrogens is 1. The van der Waals surface area contributed by atoms with E-state index >= 15 is 0 Å². The number of hydrogen-bond acceptors (Lipinski definition) is 5. The lowest BCUT2D eigenvalue weighted by atomic mass is 10.0. The molecule has 7 heteroatoms. The van der Waals surface area contributed by atoms with Crippen LogP contribution in [0.3, 0.4) is 0 Å². The van der Waals surface area contributed by atoms with Crippen molar-refractivity contribution in [1.82, 2.24) is 30.1 Å². The monoisotopic (exact) mass is 472 g/mol. The Morgan fingerprint density at radius 2 is 1.71 bits per heavy atom. The van der Waals surface area contributed by atoms with E-state index in [1.54, 1.807) is 0 Å². The Morgan fingerprint density at radius 3 is 2.37 bits per heavy atom. The molecule has 0 amide bonds. The van der Waals surface area contributed by atoms with Crippen molar-refractivity contribution < 1.29 is 0 Å². The molecule has 0 spiro atoms. The van der Waals surface area contributed by atoms with E-state index in [1.807, 2.05) is 16.8 Å². The molecule has 2 heterocycles. The van der Waals surface area contributed by atoms with Crippen LogP contribution in [0.5, 0.6) is 0 Å². The van der Waals surface area contributed by atoms with Gasteiger partial charge in [-0.05, 0) is 85.7 Å². The van der Waals surface area contributed by atoms with Gasteiger partial charge in [0.15, 0.2) is 5.82 Å². The van der Waals surface area contributed by atoms with E-state index in [9.17, 15) is 4.79 Å². The number of tetrazole rings is 1. The Balaban J connectivity index is 1.77. The van der Waals surface area contributed by atoms with Crippen LogP contribution in [0.1, 0.15) is 75.2 Å². The Labute approximate surface area is 207 Å². The predicted octanol–water partition coefficient (Wildman–Crippen LogP) is 5.29. The third-order valence-corrected chi connectivity index (χ3v) is 6.53. The fourth-order valence-corrected chi connectivity index (χ4v) is 4.55. The first-order valence-corrected chi connectivity index (χ1v) is 12.4. The highest BCUT2D eigenvalue weighted by molar-refractivity contribution is 5.79. The highest BCUT2D eigenvalue weighted by atomic mass is 16.1. The number of pyridine rings is 1. The molecule has 0 aliphatic rings. The minimum Gasteiger partial charge on any atom is -0.322 e. The van der Waals surface area contributed by atoms with Crippen LogP contribution in [0.25, 0.3) is 10.9 Å². The van der Waals surface area contributed by atoms with Gasteiger partial charge in [-0.1, -0.05) is 49.7 Å². The summed E-state index contributed by atoms with van der Waals surface area (Å²) in [5.74, 6) is 0.817. The zero-order valence-corrected chi connectivity index (χ0v) is 21.7. The van der Waals surface area contributed by atoms with Gasteiger partial charge in [0.25, 0.3) is 5.56 Å². The van der Waals surface area contributed by atoms with Gasteiger partial charge in [-0.3, -0.25) is 9.69 Å². The quantitative estimate of drug-likeness (QED) is 0.377. The van der Waals surface area contributed by atoms with E-state index in [0.29, 0.717) is 13.1 Å². The van der Waals surface area contributed by atoms with Crippen molar-refractivity contribution in [3.05, 3.63) is 87.0 Å². The highest BCUT2D eigenvalue weighted by Gasteiger charge is 2.29. The maximum absolute atomic E-state index is 13.1. The number of aromatic amines is 1. The fourth-order valence-electron chi connectivity index (χ4n) is 4.55. The van der Waals surface area contributed by atoms with Gasteiger partial charge in [0, 0.05) is 24.2 Å². The van der Waals surface area contributed by atoms with Crippen LogP contribution >= 0.6 is 0 Å². The third kappa shape index (κ3) is 5.51. The molecule has 4 rings (SSSR count). The van der Waals surface area contributed by atoms with Gasteiger partial charge in [-0.2, -0.15) is 0 Å². The minimum atomic E-state index is -0.251. The number of aryl methyl sites for hydroxylation is 2. The lowest BCUT2D eigenvalue weighted by Crippen LogP contribution is -2.35. The molecule has 184 valence electrons. The van der Waals surface area contributed by atoms with Crippen molar-refractivity contribution in [2.24, 2.45) is 0 Å². The van der Waals surface area contributed by atoms with E-state index in [4.69, 9.17) is 0 Å². The molecular weight excluding hydrogens is 436 g/mol. The second kappa shape index (κ2) is 10.1. The van der Waals surface area contributed by atoms with Crippen molar-refractivity contribution in [2.75, 3.05) is 0 Å². The van der Waals surface area contributed by atoms with Crippen molar-refractivity contribution in [3.63, 3.8) is 0 Å². The smallest absolute Gasteiger partial charge is 0.252 e. The lowest BCUT2D eigenvalue weighted by Gasteiger charge is -2.32. The summed E-state index contributed by atoms with van der Waals surface area (Å²) in [6.45, 7) is 13.9. The third-order valence-electron chi connectivity index (χ3n) is 6.53. The molecule has 1 atom stereocenters. The lowest BCUT2D eigenvalue weighted by molar-refractivity contribution is 0.153. The van der Waals surface area contributed by atoms with Gasteiger partial charge in [0.2, 0.25) is 0 Å². The molecule has 0 bridgehead atoms. The maximum Gasteiger partial charge on any atom is 0.252 e. The topological polar surface area (TPSA) is 79.7 Å². The first kappa shape index (κ1) is 24.8. The average molecular weight is 473 g/mol. The van der Waals surface area contributed by atoms with Crippen LogP contribution in [0.2, 0.25) is 0 Å². The van der Waals surface area contributed by atoms with Gasteiger partial charge in [-0.15, -0.1) is 5.10 Å². The van der Waals surface area contributed by atoms with Crippen molar-refractivity contribution in [3.8, 4) is 0 Å². The van der Waals surface area contributed by atoms with Crippen LogP contribution < -0.4 is 5.56 Å². The van der Waals surface area contributed by atoms with Crippen molar-refractivity contribution >= 4 is 10.9 Å². The van der Waals surface area contributed by atoms with Crippen molar-refractivity contribution in [1.29, 1.82) is 0 Å². The Hall–Kier alpha value is -3.32. The zero-order chi connectivity index (χ0) is 25.2. The number of nitrogens with zero attached hydrogens (tertiary/aromatic N) is 5. The molecule has 7 nitrogen and oxygen atoms in total. The summed E-state index contributed by atoms with van der Waals surface area (Å²) >= 11 is 0. The summed E-state index contributed by atoms with van der Waals surface area (Å²) in [5.41, 5.74) is 4.97. The molecule has 0 fully saturated rings. The molecule has 4 aromatic rings. The molecule has 2 aromatic heterocycles. The van der Waals surface area contributed by atoms with Crippen LogP contribution in [0, 0.1) is 6.92 Å². The highest BCUT2D eigenvalue weighted by Crippen LogP contribution is 2.29. The van der Waals surface area contributed by atoms with Gasteiger partial charge >= 0.3 is 0 Å². The maximum atomic E-state index is 13.1. The van der Waals surface area contributed by atoms with Gasteiger partial charge in [0.05, 0.1) is 11.6 Å². The van der Waals surface area contributed by atoms with Gasteiger partial charge in [-0.25, -0.2) is 4.68 Å². The number of hydrogen-bond donors (Lipinski definition) is 1. The molecule has 2 aromatic carbocycles. The van der Waals surface area contributed by atoms with Crippen LogP contribution in [-0.4, -0.2) is 30.1 Å². The molecule has 0 aliphatic carbocycles. The standard InChI is InChI=1S/C28H36N6O/c1-7-20-13-14-24-22(15-20)16-23(27(35)29-24)18-33(17-21-11-9-19(3)10-12-21)25(8-2)26-30-31-32-34(26)28(4,5)6/h9-16,25H,7-8,17-18H2,1-6H3,(H,29,35)/t25-/m1/s1. The Bertz CT molecular complexity index is 1350. The fraction of sp³-hybridized carbons (Fsp3) is 0.429. The summed E-state index contributed by atoms with van der Waals surface area (Å²) < 4.78 is 1.90. The second-order valence-electron chi connectivity index (χ2n) is 10.3. The average Bonchev–Trinajstić information content (AvgIpc) is 3.31. The summed E-state index contributed by atoms with van der Waals surface area (Å²) in [7, 11) is 0. The van der Waals surface area contributed by atoms with E-state index in [0.717, 1.165) is 35.1 Å². The van der Waals surface area contributed by atoms with E-state index in [2.05, 4.69) is 103 Å². The number of fused-ring (bicyclic) bond motifs is 1. The van der Waals surface area contributed by atoms with Crippen LogP contribution in [0.4, 0.5) is 0 Å². The van der Waals surface area contributed by atoms with E-state index in [-0.39, 0.29) is 17.1 Å². The van der Waals surface area contributed by atoms with Crippen LogP contribution in [-0.2, 0) is 25.0 Å². The van der Waals surface area contributed by atoms with Gasteiger partial charge < -0.3 is 4.98 Å². The molecule has 1 N–H and O–H groups in total. The Morgan fingerprint density at radius 1 is 1.00 bits per heavy atom. The van der Waals surface area contributed by atoms with E-state index < -0.39 is 0 Å². The summed E-state index contributed by atoms with van der Waals surface area (Å²) in [4.78, 5) is 18.5. The van der Waals surface area contributed by atoms with E-state index in [1.165, 1.54) is 16.7 Å². The minimum absolute atomic E-state index is 0.0531. The summed E-state index contributed by atoms with van der Waals surface area (Å²) in [5, 5.41) is 13.8. The number of nitrogens with one attached hydrogen (secondary N) is 1. The second-order valence-corrected chi connectivity index (χ2v) is 10.3. The summed E-state index contributed by atoms with van der Waals surface area (Å²) in [6.07, 6.45) is 1.77.